The molecule has 4 unspecified atom stereocenters. The van der Waals surface area contributed by atoms with Gasteiger partial charge >= 0.3 is 5.97 Å². The van der Waals surface area contributed by atoms with Crippen molar-refractivity contribution in [3.63, 3.8) is 0 Å². The van der Waals surface area contributed by atoms with E-state index in [-0.39, 0.29) is 24.7 Å². The highest BCUT2D eigenvalue weighted by Crippen LogP contribution is 2.34. The van der Waals surface area contributed by atoms with E-state index in [1.165, 1.54) is 17.2 Å². The first-order valence-electron chi connectivity index (χ1n) is 13.0. The fourth-order valence-corrected chi connectivity index (χ4v) is 4.78. The van der Waals surface area contributed by atoms with E-state index in [1.807, 2.05) is 13.8 Å². The van der Waals surface area contributed by atoms with Gasteiger partial charge in [-0.15, -0.1) is 0 Å². The molecule has 2 aromatic heterocycles. The van der Waals surface area contributed by atoms with Crippen molar-refractivity contribution in [2.75, 3.05) is 25.0 Å². The molecule has 3 aromatic rings. The number of azide groups is 1. The Balaban J connectivity index is 1.52. The molecule has 0 aliphatic carbocycles. The lowest BCUT2D eigenvalue weighted by molar-refractivity contribution is -0.152. The smallest absolute Gasteiger partial charge is 0.333 e. The summed E-state index contributed by atoms with van der Waals surface area (Å²) < 4.78 is 12.7. The van der Waals surface area contributed by atoms with E-state index < -0.39 is 30.4 Å². The SMILES string of the molecule is CCCN(CCC)C(=O)COc1ccc(Cl)cc1CNc1ncnc2c1ncn2C1OC(C(=O)O)C(N=[N+]=[N-])C1O. The molecule has 1 amide bonds. The van der Waals surface area contributed by atoms with Gasteiger partial charge in [0.2, 0.25) is 0 Å². The summed E-state index contributed by atoms with van der Waals surface area (Å²) in [6.07, 6.45) is 0.0742. The standard InChI is InChI=1S/C25H30ClN9O6/c1-3-7-34(8-4-2)17(36)11-40-16-6-5-15(26)9-14(16)10-28-22-19-23(30-12-29-22)35(13-31-19)24-20(37)18(32-33-27)21(41-24)25(38)39/h5-6,9,12-13,18,20-21,24,37H,3-4,7-8,10-11H2,1-2H3,(H,38,39)(H,28,29,30). The van der Waals surface area contributed by atoms with Crippen LogP contribution in [-0.2, 0) is 20.9 Å². The maximum atomic E-state index is 12.7. The lowest BCUT2D eigenvalue weighted by atomic mass is 10.1. The minimum Gasteiger partial charge on any atom is -0.483 e. The van der Waals surface area contributed by atoms with Crippen molar-refractivity contribution in [1.29, 1.82) is 0 Å². The minimum absolute atomic E-state index is 0.102. The number of carbonyl (C=O) groups excluding carboxylic acids is 1. The second-order valence-corrected chi connectivity index (χ2v) is 9.73. The van der Waals surface area contributed by atoms with E-state index in [2.05, 4.69) is 30.3 Å². The summed E-state index contributed by atoms with van der Waals surface area (Å²) >= 11 is 6.24. The van der Waals surface area contributed by atoms with Gasteiger partial charge in [-0.1, -0.05) is 30.6 Å². The molecule has 1 aromatic carbocycles. The van der Waals surface area contributed by atoms with Crippen LogP contribution in [0.25, 0.3) is 21.6 Å². The van der Waals surface area contributed by atoms with E-state index in [0.29, 0.717) is 40.8 Å². The van der Waals surface area contributed by atoms with E-state index >= 15 is 0 Å². The number of benzene rings is 1. The number of carboxylic acid groups (broad SMARTS) is 1. The van der Waals surface area contributed by atoms with Crippen LogP contribution >= 0.6 is 11.6 Å². The maximum Gasteiger partial charge on any atom is 0.333 e. The van der Waals surface area contributed by atoms with Crippen LogP contribution < -0.4 is 10.1 Å². The molecule has 1 fully saturated rings. The molecule has 0 radical (unpaired) electrons. The number of fused-ring (bicyclic) bond motifs is 1. The summed E-state index contributed by atoms with van der Waals surface area (Å²) in [4.78, 5) is 41.5. The fraction of sp³-hybridized carbons (Fsp3) is 0.480. The second-order valence-electron chi connectivity index (χ2n) is 9.29. The van der Waals surface area contributed by atoms with Crippen molar-refractivity contribution in [2.24, 2.45) is 5.11 Å². The molecule has 1 aliphatic rings. The van der Waals surface area contributed by atoms with Crippen molar-refractivity contribution in [1.82, 2.24) is 24.4 Å². The zero-order chi connectivity index (χ0) is 29.5. The highest BCUT2D eigenvalue weighted by atomic mass is 35.5. The normalized spacial score (nSPS) is 20.0. The van der Waals surface area contributed by atoms with E-state index in [1.54, 1.807) is 23.1 Å². The van der Waals surface area contributed by atoms with Gasteiger partial charge in [0.05, 0.1) is 6.33 Å². The first kappa shape index (κ1) is 29.8. The molecule has 4 atom stereocenters. The van der Waals surface area contributed by atoms with Crippen LogP contribution in [0.3, 0.4) is 0 Å². The van der Waals surface area contributed by atoms with E-state index in [9.17, 15) is 19.8 Å². The average Bonchev–Trinajstić information content (AvgIpc) is 3.52. The first-order chi connectivity index (χ1) is 19.8. The Hall–Kier alpha value is -4.17. The Morgan fingerprint density at radius 2 is 2.02 bits per heavy atom. The number of hydrogen-bond acceptors (Lipinski definition) is 10. The van der Waals surface area contributed by atoms with E-state index in [4.69, 9.17) is 26.6 Å². The summed E-state index contributed by atoms with van der Waals surface area (Å²) in [5.41, 5.74) is 10.0. The number of amides is 1. The number of carbonyl (C=O) groups is 2. The number of halogens is 1. The maximum absolute atomic E-state index is 12.7. The van der Waals surface area contributed by atoms with Crippen LogP contribution in [-0.4, -0.2) is 84.5 Å². The minimum atomic E-state index is -1.55. The molecular formula is C25H30ClN9O6. The molecule has 15 nitrogen and oxygen atoms in total. The molecule has 41 heavy (non-hydrogen) atoms. The highest BCUT2D eigenvalue weighted by molar-refractivity contribution is 6.30. The molecule has 218 valence electrons. The van der Waals surface area contributed by atoms with Crippen LogP contribution in [0.1, 0.15) is 38.5 Å². The van der Waals surface area contributed by atoms with Gasteiger partial charge in [0.15, 0.2) is 35.9 Å². The van der Waals surface area contributed by atoms with Crippen LogP contribution in [0.5, 0.6) is 5.75 Å². The zero-order valence-corrected chi connectivity index (χ0v) is 23.2. The Bertz CT molecular complexity index is 1440. The number of aliphatic carboxylic acids is 1. The number of imidazole rings is 1. The van der Waals surface area contributed by atoms with E-state index in [0.717, 1.165) is 12.8 Å². The predicted octanol–water partition coefficient (Wildman–Crippen LogP) is 3.14. The molecule has 16 heteroatoms. The summed E-state index contributed by atoms with van der Waals surface area (Å²) in [5.74, 6) is -0.670. The summed E-state index contributed by atoms with van der Waals surface area (Å²) in [5, 5.41) is 27.2. The first-order valence-corrected chi connectivity index (χ1v) is 13.4. The van der Waals surface area contributed by atoms with Crippen LogP contribution in [0.2, 0.25) is 5.02 Å². The Morgan fingerprint density at radius 1 is 1.27 bits per heavy atom. The fourth-order valence-electron chi connectivity index (χ4n) is 4.59. The number of aliphatic hydroxyl groups is 1. The molecule has 4 rings (SSSR count). The second kappa shape index (κ2) is 13.5. The molecule has 1 saturated heterocycles. The topological polar surface area (TPSA) is 201 Å². The number of rotatable bonds is 13. The zero-order valence-electron chi connectivity index (χ0n) is 22.4. The molecule has 3 heterocycles. The van der Waals surface area contributed by atoms with Gasteiger partial charge < -0.3 is 29.9 Å². The van der Waals surface area contributed by atoms with Crippen molar-refractivity contribution in [3.8, 4) is 5.75 Å². The van der Waals surface area contributed by atoms with Gasteiger partial charge in [-0.3, -0.25) is 9.36 Å². The quantitative estimate of drug-likeness (QED) is 0.151. The third kappa shape index (κ3) is 6.60. The number of ether oxygens (including phenoxy) is 2. The molecular weight excluding hydrogens is 558 g/mol. The van der Waals surface area contributed by atoms with Crippen LogP contribution in [0, 0.1) is 0 Å². The van der Waals surface area contributed by atoms with Crippen molar-refractivity contribution >= 4 is 40.5 Å². The largest absolute Gasteiger partial charge is 0.483 e. The summed E-state index contributed by atoms with van der Waals surface area (Å²) in [7, 11) is 0. The predicted molar refractivity (Wildman–Crippen MR) is 147 cm³/mol. The number of anilines is 1. The van der Waals surface area contributed by atoms with Gasteiger partial charge in [-0.2, -0.15) is 0 Å². The third-order valence-corrected chi connectivity index (χ3v) is 6.69. The Kier molecular flexibility index (Phi) is 9.78. The molecule has 0 spiro atoms. The van der Waals surface area contributed by atoms with Gasteiger partial charge in [0, 0.05) is 35.1 Å². The van der Waals surface area contributed by atoms with Gasteiger partial charge in [-0.25, -0.2) is 19.7 Å². The third-order valence-electron chi connectivity index (χ3n) is 6.46. The molecule has 3 N–H and O–H groups in total. The van der Waals surface area contributed by atoms with Crippen molar-refractivity contribution in [2.45, 2.75) is 57.7 Å². The van der Waals surface area contributed by atoms with Gasteiger partial charge in [-0.05, 0) is 36.6 Å². The highest BCUT2D eigenvalue weighted by Gasteiger charge is 2.48. The Labute approximate surface area is 239 Å². The summed E-state index contributed by atoms with van der Waals surface area (Å²) in [6, 6.07) is 3.74. The molecule has 0 saturated carbocycles. The molecule has 0 bridgehead atoms. The van der Waals surface area contributed by atoms with Crippen molar-refractivity contribution in [3.05, 3.63) is 51.9 Å². The molecule has 1 aliphatic heterocycles. The number of hydrogen-bond donors (Lipinski definition) is 3. The monoisotopic (exact) mass is 587 g/mol. The van der Waals surface area contributed by atoms with Crippen LogP contribution in [0.4, 0.5) is 5.82 Å². The number of aromatic nitrogens is 4. The lowest BCUT2D eigenvalue weighted by Gasteiger charge is -2.22. The summed E-state index contributed by atoms with van der Waals surface area (Å²) in [6.45, 7) is 5.44. The number of aliphatic hydroxyl groups excluding tert-OH is 1. The lowest BCUT2D eigenvalue weighted by Crippen LogP contribution is -2.36. The number of nitrogens with zero attached hydrogens (tertiary/aromatic N) is 8. The van der Waals surface area contributed by atoms with Crippen molar-refractivity contribution < 1.29 is 29.3 Å². The number of nitrogens with one attached hydrogen (secondary N) is 1. The van der Waals surface area contributed by atoms with Gasteiger partial charge in [0.25, 0.3) is 5.91 Å². The average molecular weight is 588 g/mol. The Morgan fingerprint density at radius 3 is 2.71 bits per heavy atom. The number of carboxylic acids is 1. The van der Waals surface area contributed by atoms with Crippen LogP contribution in [0.15, 0.2) is 36.0 Å². The van der Waals surface area contributed by atoms with Gasteiger partial charge in [0.1, 0.15) is 24.2 Å².